The quantitative estimate of drug-likeness (QED) is 0.674. The van der Waals surface area contributed by atoms with Crippen molar-refractivity contribution in [2.24, 2.45) is 0 Å². The summed E-state index contributed by atoms with van der Waals surface area (Å²) in [7, 11) is 0. The molecule has 1 aromatic carbocycles. The van der Waals surface area contributed by atoms with Gasteiger partial charge in [-0.05, 0) is 58.7 Å². The number of halogens is 3. The maximum Gasteiger partial charge on any atom is 0.267 e. The molecule has 18 heavy (non-hydrogen) atoms. The average Bonchev–Trinajstić information content (AvgIpc) is 2.65. The minimum atomic E-state index is -0.234. The summed E-state index contributed by atoms with van der Waals surface area (Å²) in [5.74, 6) is -0.234. The Morgan fingerprint density at radius 1 is 1.39 bits per heavy atom. The van der Waals surface area contributed by atoms with E-state index in [0.717, 1.165) is 9.13 Å². The van der Waals surface area contributed by atoms with Gasteiger partial charge in [0.15, 0.2) is 0 Å². The highest BCUT2D eigenvalue weighted by molar-refractivity contribution is 14.1. The molecule has 0 aliphatic carbocycles. The Balaban J connectivity index is 2.27. The van der Waals surface area contributed by atoms with Crippen molar-refractivity contribution in [2.75, 3.05) is 5.32 Å². The van der Waals surface area contributed by atoms with Crippen LogP contribution in [0.3, 0.4) is 0 Å². The molecule has 2 aromatic rings. The van der Waals surface area contributed by atoms with Crippen LogP contribution in [0.15, 0.2) is 23.6 Å². The summed E-state index contributed by atoms with van der Waals surface area (Å²) in [4.78, 5) is 12.6. The number of anilines is 1. The van der Waals surface area contributed by atoms with Gasteiger partial charge in [0.2, 0.25) is 0 Å². The van der Waals surface area contributed by atoms with Gasteiger partial charge in [-0.3, -0.25) is 4.79 Å². The van der Waals surface area contributed by atoms with Crippen LogP contribution >= 0.6 is 57.1 Å². The van der Waals surface area contributed by atoms with Crippen LogP contribution in [0.2, 0.25) is 10.0 Å². The highest BCUT2D eigenvalue weighted by Gasteiger charge is 2.15. The van der Waals surface area contributed by atoms with Crippen molar-refractivity contribution in [3.8, 4) is 0 Å². The fourth-order valence-electron chi connectivity index (χ4n) is 1.36. The van der Waals surface area contributed by atoms with E-state index in [9.17, 15) is 4.79 Å². The van der Waals surface area contributed by atoms with E-state index in [1.807, 2.05) is 24.4 Å². The van der Waals surface area contributed by atoms with Crippen LogP contribution in [0.5, 0.6) is 0 Å². The molecular formula is C12H8Cl2INOS. The Morgan fingerprint density at radius 3 is 2.72 bits per heavy atom. The van der Waals surface area contributed by atoms with Gasteiger partial charge in [0, 0.05) is 3.57 Å². The second kappa shape index (κ2) is 5.77. The molecule has 0 saturated carbocycles. The maximum absolute atomic E-state index is 12.1. The molecule has 0 unspecified atom stereocenters. The van der Waals surface area contributed by atoms with Crippen molar-refractivity contribution >= 4 is 68.7 Å². The van der Waals surface area contributed by atoms with Crippen LogP contribution in [0.1, 0.15) is 15.2 Å². The second-order valence-electron chi connectivity index (χ2n) is 3.64. The summed E-state index contributed by atoms with van der Waals surface area (Å²) in [5, 5.41) is 5.63. The minimum Gasteiger partial charge on any atom is -0.320 e. The molecule has 1 aromatic heterocycles. The molecule has 0 radical (unpaired) electrons. The highest BCUT2D eigenvalue weighted by atomic mass is 127. The lowest BCUT2D eigenvalue weighted by molar-refractivity contribution is 0.103. The van der Waals surface area contributed by atoms with Gasteiger partial charge < -0.3 is 5.32 Å². The van der Waals surface area contributed by atoms with Crippen molar-refractivity contribution in [3.63, 3.8) is 0 Å². The van der Waals surface area contributed by atoms with Crippen molar-refractivity contribution in [2.45, 2.75) is 6.92 Å². The predicted octanol–water partition coefficient (Wildman–Crippen LogP) is 5.22. The lowest BCUT2D eigenvalue weighted by Crippen LogP contribution is -2.11. The van der Waals surface area contributed by atoms with E-state index in [0.29, 0.717) is 20.6 Å². The summed E-state index contributed by atoms with van der Waals surface area (Å²) in [6.45, 7) is 1.87. The molecule has 1 heterocycles. The molecule has 0 spiro atoms. The standard InChI is InChI=1S/C12H8Cl2INOS/c1-6-5-18-11(10(6)14)12(17)16-9-4-7(15)2-3-8(9)13/h2-5H,1H3,(H,16,17). The van der Waals surface area contributed by atoms with Gasteiger partial charge >= 0.3 is 0 Å². The summed E-state index contributed by atoms with van der Waals surface area (Å²) in [6, 6.07) is 5.44. The van der Waals surface area contributed by atoms with Crippen molar-refractivity contribution in [1.29, 1.82) is 0 Å². The molecule has 1 N–H and O–H groups in total. The Kier molecular flexibility index (Phi) is 4.53. The van der Waals surface area contributed by atoms with E-state index >= 15 is 0 Å². The number of hydrogen-bond donors (Lipinski definition) is 1. The summed E-state index contributed by atoms with van der Waals surface area (Å²) in [5.41, 5.74) is 1.50. The molecule has 1 amide bonds. The summed E-state index contributed by atoms with van der Waals surface area (Å²) >= 11 is 15.6. The molecule has 0 atom stereocenters. The zero-order chi connectivity index (χ0) is 13.3. The minimum absolute atomic E-state index is 0.234. The largest absolute Gasteiger partial charge is 0.320 e. The number of carbonyl (C=O) groups excluding carboxylic acids is 1. The number of nitrogens with one attached hydrogen (secondary N) is 1. The van der Waals surface area contributed by atoms with Crippen LogP contribution in [-0.2, 0) is 0 Å². The number of rotatable bonds is 2. The molecule has 0 fully saturated rings. The van der Waals surface area contributed by atoms with Gasteiger partial charge in [0.1, 0.15) is 4.88 Å². The predicted molar refractivity (Wildman–Crippen MR) is 86.2 cm³/mol. The third kappa shape index (κ3) is 2.99. The van der Waals surface area contributed by atoms with Gasteiger partial charge in [-0.15, -0.1) is 11.3 Å². The molecule has 94 valence electrons. The SMILES string of the molecule is Cc1csc(C(=O)Nc2cc(I)ccc2Cl)c1Cl. The van der Waals surface area contributed by atoms with Gasteiger partial charge in [0.05, 0.1) is 15.7 Å². The number of carbonyl (C=O) groups is 1. The second-order valence-corrected chi connectivity index (χ2v) is 6.55. The van der Waals surface area contributed by atoms with Crippen molar-refractivity contribution < 1.29 is 4.79 Å². The topological polar surface area (TPSA) is 29.1 Å². The van der Waals surface area contributed by atoms with Gasteiger partial charge in [-0.2, -0.15) is 0 Å². The number of aryl methyl sites for hydroxylation is 1. The lowest BCUT2D eigenvalue weighted by Gasteiger charge is -2.07. The Morgan fingerprint density at radius 2 is 2.11 bits per heavy atom. The van der Waals surface area contributed by atoms with E-state index in [4.69, 9.17) is 23.2 Å². The van der Waals surface area contributed by atoms with E-state index in [1.54, 1.807) is 6.07 Å². The third-order valence-electron chi connectivity index (χ3n) is 2.28. The fraction of sp³-hybridized carbons (Fsp3) is 0.0833. The Bertz CT molecular complexity index is 612. The van der Waals surface area contributed by atoms with E-state index in [-0.39, 0.29) is 5.91 Å². The van der Waals surface area contributed by atoms with Crippen LogP contribution in [0.4, 0.5) is 5.69 Å². The monoisotopic (exact) mass is 411 g/mol. The van der Waals surface area contributed by atoms with E-state index in [1.165, 1.54) is 11.3 Å². The molecule has 2 nitrogen and oxygen atoms in total. The lowest BCUT2D eigenvalue weighted by atomic mass is 10.3. The van der Waals surface area contributed by atoms with E-state index < -0.39 is 0 Å². The van der Waals surface area contributed by atoms with E-state index in [2.05, 4.69) is 27.9 Å². The first-order valence-electron chi connectivity index (χ1n) is 4.99. The average molecular weight is 412 g/mol. The first-order valence-corrected chi connectivity index (χ1v) is 7.70. The smallest absolute Gasteiger partial charge is 0.267 e. The first-order chi connectivity index (χ1) is 8.49. The zero-order valence-electron chi connectivity index (χ0n) is 9.26. The zero-order valence-corrected chi connectivity index (χ0v) is 13.7. The molecule has 0 saturated heterocycles. The van der Waals surface area contributed by atoms with Crippen LogP contribution in [-0.4, -0.2) is 5.91 Å². The molecule has 0 bridgehead atoms. The Hall–Kier alpha value is -0.300. The molecule has 0 aliphatic heterocycles. The van der Waals surface area contributed by atoms with Crippen LogP contribution in [0, 0.1) is 10.5 Å². The normalized spacial score (nSPS) is 10.4. The van der Waals surface area contributed by atoms with Gasteiger partial charge in [0.25, 0.3) is 5.91 Å². The number of amides is 1. The molecule has 2 rings (SSSR count). The molecule has 6 heteroatoms. The molecular weight excluding hydrogens is 404 g/mol. The van der Waals surface area contributed by atoms with Crippen LogP contribution in [0.25, 0.3) is 0 Å². The summed E-state index contributed by atoms with van der Waals surface area (Å²) in [6.07, 6.45) is 0. The van der Waals surface area contributed by atoms with Crippen molar-refractivity contribution in [3.05, 3.63) is 47.6 Å². The highest BCUT2D eigenvalue weighted by Crippen LogP contribution is 2.29. The number of benzene rings is 1. The van der Waals surface area contributed by atoms with Crippen LogP contribution < -0.4 is 5.32 Å². The Labute approximate surface area is 132 Å². The number of thiophene rings is 1. The summed E-state index contributed by atoms with van der Waals surface area (Å²) < 4.78 is 1.00. The van der Waals surface area contributed by atoms with Crippen molar-refractivity contribution in [1.82, 2.24) is 0 Å². The van der Waals surface area contributed by atoms with Gasteiger partial charge in [-0.1, -0.05) is 23.2 Å². The maximum atomic E-state index is 12.1. The van der Waals surface area contributed by atoms with Gasteiger partial charge in [-0.25, -0.2) is 0 Å². The third-order valence-corrected chi connectivity index (χ3v) is 4.98. The fourth-order valence-corrected chi connectivity index (χ4v) is 3.19. The number of hydrogen-bond acceptors (Lipinski definition) is 2. The molecule has 0 aliphatic rings. The first kappa shape index (κ1) is 14.1.